The van der Waals surface area contributed by atoms with Gasteiger partial charge in [-0.3, -0.25) is 0 Å². The fourth-order valence-electron chi connectivity index (χ4n) is 0.387. The zero-order valence-electron chi connectivity index (χ0n) is 5.50. The van der Waals surface area contributed by atoms with E-state index in [-0.39, 0.29) is 5.57 Å². The second kappa shape index (κ2) is 4.44. The third-order valence-corrected chi connectivity index (χ3v) is 2.09. The zero-order chi connectivity index (χ0) is 8.20. The van der Waals surface area contributed by atoms with Gasteiger partial charge in [0.2, 0.25) is 0 Å². The monoisotopic (exact) mass is 276 g/mol. The first kappa shape index (κ1) is 10.6. The van der Waals surface area contributed by atoms with Crippen LogP contribution in [0.3, 0.4) is 0 Å². The molecule has 0 bridgehead atoms. The summed E-state index contributed by atoms with van der Waals surface area (Å²) < 4.78 is 24.5. The highest BCUT2D eigenvalue weighted by atomic mass is 79.9. The highest BCUT2D eigenvalue weighted by molar-refractivity contribution is 9.10. The number of hydrogen-bond donors (Lipinski definition) is 0. The molecule has 0 nitrogen and oxygen atoms in total. The highest BCUT2D eigenvalue weighted by Crippen LogP contribution is 2.30. The van der Waals surface area contributed by atoms with Crippen LogP contribution >= 0.6 is 31.9 Å². The maximum absolute atomic E-state index is 12.3. The van der Waals surface area contributed by atoms with Crippen LogP contribution in [0, 0.1) is 0 Å². The van der Waals surface area contributed by atoms with E-state index in [9.17, 15) is 8.78 Å². The molecule has 0 saturated carbocycles. The Labute approximate surface area is 75.9 Å². The summed E-state index contributed by atoms with van der Waals surface area (Å²) in [6.45, 7) is 1.40. The number of alkyl halides is 4. The fraction of sp³-hybridized carbons (Fsp3) is 0.667. The number of hydrogen-bond acceptors (Lipinski definition) is 0. The van der Waals surface area contributed by atoms with Crippen LogP contribution in [0.4, 0.5) is 8.78 Å². The molecular weight excluding hydrogens is 270 g/mol. The van der Waals surface area contributed by atoms with Crippen molar-refractivity contribution in [2.24, 2.45) is 0 Å². The Hall–Kier alpha value is 0.560. The predicted octanol–water partition coefficient (Wildman–Crippen LogP) is 3.71. The van der Waals surface area contributed by atoms with Crippen LogP contribution in [0.5, 0.6) is 0 Å². The van der Waals surface area contributed by atoms with Crippen LogP contribution < -0.4 is 0 Å². The van der Waals surface area contributed by atoms with Crippen molar-refractivity contribution in [3.63, 3.8) is 0 Å². The van der Waals surface area contributed by atoms with Crippen LogP contribution in [-0.2, 0) is 0 Å². The minimum absolute atomic E-state index is 0.0620. The first-order chi connectivity index (χ1) is 4.48. The first-order valence-corrected chi connectivity index (χ1v) is 4.70. The Kier molecular flexibility index (Phi) is 4.69. The van der Waals surface area contributed by atoms with E-state index in [1.54, 1.807) is 0 Å². The smallest absolute Gasteiger partial charge is 0.189 e. The maximum Gasteiger partial charge on any atom is 0.322 e. The number of halogens is 4. The van der Waals surface area contributed by atoms with Gasteiger partial charge in [0.25, 0.3) is 0 Å². The summed E-state index contributed by atoms with van der Waals surface area (Å²) in [6, 6.07) is 0. The van der Waals surface area contributed by atoms with E-state index in [1.807, 2.05) is 0 Å². The van der Waals surface area contributed by atoms with Gasteiger partial charge in [-0.25, -0.2) is 0 Å². The van der Waals surface area contributed by atoms with Gasteiger partial charge < -0.3 is 0 Å². The Balaban J connectivity index is 3.93. The molecule has 0 spiro atoms. The van der Waals surface area contributed by atoms with Crippen molar-refractivity contribution in [1.82, 2.24) is 0 Å². The van der Waals surface area contributed by atoms with E-state index in [4.69, 9.17) is 0 Å². The largest absolute Gasteiger partial charge is 0.322 e. The lowest BCUT2D eigenvalue weighted by Crippen LogP contribution is -2.05. The average molecular weight is 278 g/mol. The van der Waals surface area contributed by atoms with Crippen molar-refractivity contribution in [1.29, 1.82) is 0 Å². The summed E-state index contributed by atoms with van der Waals surface area (Å²) in [6.07, 6.45) is 2.14. The second-order valence-corrected chi connectivity index (χ2v) is 3.65. The summed E-state index contributed by atoms with van der Waals surface area (Å²) in [5.41, 5.74) is 0.0620. The van der Waals surface area contributed by atoms with Gasteiger partial charge in [0.05, 0.1) is 0 Å². The molecule has 0 saturated heterocycles. The molecule has 0 fully saturated rings. The van der Waals surface area contributed by atoms with E-state index >= 15 is 0 Å². The SMILES string of the molecule is CC(=CCCBr)C(F)(F)Br. The molecule has 60 valence electrons. The quantitative estimate of drug-likeness (QED) is 0.545. The molecule has 0 N–H and O–H groups in total. The Bertz CT molecular complexity index is 126. The molecule has 0 rings (SSSR count). The molecule has 0 aromatic carbocycles. The lowest BCUT2D eigenvalue weighted by atomic mass is 10.2. The van der Waals surface area contributed by atoms with Crippen molar-refractivity contribution in [2.75, 3.05) is 5.33 Å². The molecule has 0 aliphatic heterocycles. The van der Waals surface area contributed by atoms with E-state index in [0.29, 0.717) is 11.8 Å². The van der Waals surface area contributed by atoms with Crippen molar-refractivity contribution >= 4 is 31.9 Å². The Morgan fingerprint density at radius 3 is 2.40 bits per heavy atom. The summed E-state index contributed by atoms with van der Waals surface area (Å²) in [5.74, 6) is 0. The lowest BCUT2D eigenvalue weighted by molar-refractivity contribution is 0.156. The number of allylic oxidation sites excluding steroid dienone is 2. The van der Waals surface area contributed by atoms with Crippen LogP contribution in [0.15, 0.2) is 11.6 Å². The topological polar surface area (TPSA) is 0 Å². The zero-order valence-corrected chi connectivity index (χ0v) is 8.68. The molecule has 0 amide bonds. The van der Waals surface area contributed by atoms with Gasteiger partial charge in [0.1, 0.15) is 0 Å². The Morgan fingerprint density at radius 2 is 2.10 bits per heavy atom. The molecular formula is C6H8Br2F2. The molecule has 10 heavy (non-hydrogen) atoms. The van der Waals surface area contributed by atoms with Gasteiger partial charge in [-0.1, -0.05) is 22.0 Å². The molecule has 0 radical (unpaired) electrons. The van der Waals surface area contributed by atoms with Gasteiger partial charge >= 0.3 is 4.83 Å². The third kappa shape index (κ3) is 4.39. The molecule has 0 unspecified atom stereocenters. The molecule has 0 aliphatic rings. The van der Waals surface area contributed by atoms with E-state index in [1.165, 1.54) is 13.0 Å². The van der Waals surface area contributed by atoms with E-state index < -0.39 is 4.83 Å². The van der Waals surface area contributed by atoms with Gasteiger partial charge in [0.15, 0.2) is 0 Å². The first-order valence-electron chi connectivity index (χ1n) is 2.78. The van der Waals surface area contributed by atoms with Crippen LogP contribution in [0.2, 0.25) is 0 Å². The summed E-state index contributed by atoms with van der Waals surface area (Å²) >= 11 is 5.40. The van der Waals surface area contributed by atoms with Crippen molar-refractivity contribution in [3.05, 3.63) is 11.6 Å². The average Bonchev–Trinajstić information content (AvgIpc) is 1.80. The van der Waals surface area contributed by atoms with Crippen LogP contribution in [-0.4, -0.2) is 10.2 Å². The fourth-order valence-corrected chi connectivity index (χ4v) is 0.778. The van der Waals surface area contributed by atoms with Gasteiger partial charge in [-0.15, -0.1) is 0 Å². The summed E-state index contributed by atoms with van der Waals surface area (Å²) in [7, 11) is 0. The summed E-state index contributed by atoms with van der Waals surface area (Å²) in [5, 5.41) is 0.716. The van der Waals surface area contributed by atoms with Crippen molar-refractivity contribution < 1.29 is 8.78 Å². The molecule has 0 aromatic rings. The lowest BCUT2D eigenvalue weighted by Gasteiger charge is -2.07. The highest BCUT2D eigenvalue weighted by Gasteiger charge is 2.25. The molecule has 4 heteroatoms. The van der Waals surface area contributed by atoms with Gasteiger partial charge in [0, 0.05) is 10.9 Å². The second-order valence-electron chi connectivity index (χ2n) is 1.86. The molecule has 0 atom stereocenters. The van der Waals surface area contributed by atoms with Crippen LogP contribution in [0.1, 0.15) is 13.3 Å². The normalized spacial score (nSPS) is 13.9. The molecule has 0 heterocycles. The third-order valence-electron chi connectivity index (χ3n) is 1.01. The van der Waals surface area contributed by atoms with Gasteiger partial charge in [-0.2, -0.15) is 8.78 Å². The van der Waals surface area contributed by atoms with Crippen LogP contribution in [0.25, 0.3) is 0 Å². The van der Waals surface area contributed by atoms with Crippen molar-refractivity contribution in [3.8, 4) is 0 Å². The standard InChI is InChI=1S/C6H8Br2F2/c1-5(3-2-4-7)6(8,9)10/h3H,2,4H2,1H3. The minimum atomic E-state index is -2.84. The predicted molar refractivity (Wildman–Crippen MR) is 46.0 cm³/mol. The Morgan fingerprint density at radius 1 is 1.60 bits per heavy atom. The van der Waals surface area contributed by atoms with E-state index in [2.05, 4.69) is 31.9 Å². The van der Waals surface area contributed by atoms with Crippen molar-refractivity contribution in [2.45, 2.75) is 18.2 Å². The summed E-state index contributed by atoms with van der Waals surface area (Å²) in [4.78, 5) is -2.84. The minimum Gasteiger partial charge on any atom is -0.189 e. The molecule has 0 aliphatic carbocycles. The van der Waals surface area contributed by atoms with Gasteiger partial charge in [-0.05, 0) is 29.3 Å². The maximum atomic E-state index is 12.3. The molecule has 0 aromatic heterocycles. The van der Waals surface area contributed by atoms with E-state index in [0.717, 1.165) is 0 Å². The number of rotatable bonds is 3.